The SMILES string of the molecule is O=C1CCC(N2Cc3ccc(CNc4cnccn4)cc3C2=O)C(=O)N1. The predicted molar refractivity (Wildman–Crippen MR) is 91.8 cm³/mol. The van der Waals surface area contributed by atoms with Crippen LogP contribution in [0.4, 0.5) is 5.82 Å². The van der Waals surface area contributed by atoms with Crippen LogP contribution in [0.3, 0.4) is 0 Å². The number of hydrogen-bond donors (Lipinski definition) is 2. The second kappa shape index (κ2) is 6.55. The number of piperidine rings is 1. The molecular formula is C18H17N5O3. The fourth-order valence-corrected chi connectivity index (χ4v) is 3.29. The number of fused-ring (bicyclic) bond motifs is 1. The second-order valence-corrected chi connectivity index (χ2v) is 6.34. The van der Waals surface area contributed by atoms with E-state index >= 15 is 0 Å². The highest BCUT2D eigenvalue weighted by Crippen LogP contribution is 2.28. The van der Waals surface area contributed by atoms with Crippen molar-refractivity contribution in [3.8, 4) is 0 Å². The van der Waals surface area contributed by atoms with Crippen LogP contribution in [0.15, 0.2) is 36.8 Å². The standard InChI is InChI=1S/C18H17N5O3/c24-16-4-3-14(17(25)22-16)23-10-12-2-1-11(7-13(12)18(23)26)8-21-15-9-19-5-6-20-15/h1-2,5-7,9,14H,3-4,8,10H2,(H,20,21)(H,22,24,25). The van der Waals surface area contributed by atoms with Crippen LogP contribution in [0, 0.1) is 0 Å². The van der Waals surface area contributed by atoms with Gasteiger partial charge in [-0.1, -0.05) is 12.1 Å². The molecule has 2 aliphatic heterocycles. The zero-order valence-corrected chi connectivity index (χ0v) is 13.9. The number of nitrogens with zero attached hydrogens (tertiary/aromatic N) is 3. The van der Waals surface area contributed by atoms with Crippen molar-refractivity contribution in [3.63, 3.8) is 0 Å². The molecule has 0 aliphatic carbocycles. The second-order valence-electron chi connectivity index (χ2n) is 6.34. The van der Waals surface area contributed by atoms with E-state index in [0.29, 0.717) is 30.9 Å². The first kappa shape index (κ1) is 16.2. The van der Waals surface area contributed by atoms with Gasteiger partial charge in [0.2, 0.25) is 11.8 Å². The number of carbonyl (C=O) groups is 3. The molecule has 1 aromatic carbocycles. The van der Waals surface area contributed by atoms with Crippen molar-refractivity contribution < 1.29 is 14.4 Å². The number of rotatable bonds is 4. The van der Waals surface area contributed by atoms with E-state index in [1.165, 1.54) is 0 Å². The van der Waals surface area contributed by atoms with E-state index in [-0.39, 0.29) is 18.2 Å². The molecule has 132 valence electrons. The van der Waals surface area contributed by atoms with Crippen LogP contribution >= 0.6 is 0 Å². The van der Waals surface area contributed by atoms with Crippen LogP contribution in [-0.2, 0) is 22.7 Å². The lowest BCUT2D eigenvalue weighted by Crippen LogP contribution is -2.52. The summed E-state index contributed by atoms with van der Waals surface area (Å²) in [5, 5.41) is 5.46. The normalized spacial score (nSPS) is 19.3. The molecule has 4 rings (SSSR count). The number of carbonyl (C=O) groups excluding carboxylic acids is 3. The van der Waals surface area contributed by atoms with Crippen molar-refractivity contribution in [1.29, 1.82) is 0 Å². The number of amides is 3. The summed E-state index contributed by atoms with van der Waals surface area (Å²) in [7, 11) is 0. The van der Waals surface area contributed by atoms with Crippen molar-refractivity contribution in [3.05, 3.63) is 53.5 Å². The van der Waals surface area contributed by atoms with Gasteiger partial charge in [0, 0.05) is 37.5 Å². The molecule has 3 heterocycles. The highest BCUT2D eigenvalue weighted by atomic mass is 16.2. The van der Waals surface area contributed by atoms with Crippen molar-refractivity contribution in [2.45, 2.75) is 32.0 Å². The Balaban J connectivity index is 1.48. The zero-order chi connectivity index (χ0) is 18.1. The maximum Gasteiger partial charge on any atom is 0.255 e. The number of aromatic nitrogens is 2. The molecule has 2 aromatic rings. The van der Waals surface area contributed by atoms with Crippen molar-refractivity contribution in [1.82, 2.24) is 20.2 Å². The molecule has 0 bridgehead atoms. The van der Waals surface area contributed by atoms with Gasteiger partial charge in [-0.2, -0.15) is 0 Å². The molecule has 8 nitrogen and oxygen atoms in total. The van der Waals surface area contributed by atoms with Gasteiger partial charge in [0.1, 0.15) is 11.9 Å². The van der Waals surface area contributed by atoms with Crippen LogP contribution in [-0.4, -0.2) is 38.6 Å². The van der Waals surface area contributed by atoms with Gasteiger partial charge in [0.15, 0.2) is 0 Å². The molecule has 1 saturated heterocycles. The monoisotopic (exact) mass is 351 g/mol. The Morgan fingerprint density at radius 3 is 2.88 bits per heavy atom. The number of imide groups is 1. The largest absolute Gasteiger partial charge is 0.365 e. The maximum absolute atomic E-state index is 12.8. The zero-order valence-electron chi connectivity index (χ0n) is 13.9. The topological polar surface area (TPSA) is 104 Å². The van der Waals surface area contributed by atoms with E-state index in [0.717, 1.165) is 11.1 Å². The van der Waals surface area contributed by atoms with Crippen LogP contribution in [0.5, 0.6) is 0 Å². The molecule has 1 unspecified atom stereocenters. The Bertz CT molecular complexity index is 884. The predicted octanol–water partition coefficient (Wildman–Crippen LogP) is 0.850. The molecule has 1 aromatic heterocycles. The summed E-state index contributed by atoms with van der Waals surface area (Å²) >= 11 is 0. The first-order chi connectivity index (χ1) is 12.6. The van der Waals surface area contributed by atoms with Crippen LogP contribution < -0.4 is 10.6 Å². The van der Waals surface area contributed by atoms with Gasteiger partial charge in [-0.25, -0.2) is 4.98 Å². The molecule has 0 saturated carbocycles. The fraction of sp³-hybridized carbons (Fsp3) is 0.278. The van der Waals surface area contributed by atoms with E-state index in [1.54, 1.807) is 23.5 Å². The van der Waals surface area contributed by atoms with Gasteiger partial charge in [-0.15, -0.1) is 0 Å². The third-order valence-corrected chi connectivity index (χ3v) is 4.63. The Kier molecular flexibility index (Phi) is 4.08. The van der Waals surface area contributed by atoms with Crippen LogP contribution in [0.2, 0.25) is 0 Å². The lowest BCUT2D eigenvalue weighted by molar-refractivity contribution is -0.136. The van der Waals surface area contributed by atoms with Crippen LogP contribution in [0.1, 0.15) is 34.3 Å². The molecule has 1 atom stereocenters. The summed E-state index contributed by atoms with van der Waals surface area (Å²) in [5.74, 6) is -0.194. The van der Waals surface area contributed by atoms with Gasteiger partial charge in [0.25, 0.3) is 5.91 Å². The van der Waals surface area contributed by atoms with E-state index in [2.05, 4.69) is 20.6 Å². The Morgan fingerprint density at radius 1 is 1.23 bits per heavy atom. The molecule has 26 heavy (non-hydrogen) atoms. The highest BCUT2D eigenvalue weighted by molar-refractivity contribution is 6.05. The Morgan fingerprint density at radius 2 is 2.12 bits per heavy atom. The third-order valence-electron chi connectivity index (χ3n) is 4.63. The molecule has 8 heteroatoms. The quantitative estimate of drug-likeness (QED) is 0.792. The minimum atomic E-state index is -0.589. The molecule has 2 N–H and O–H groups in total. The maximum atomic E-state index is 12.8. The molecule has 0 radical (unpaired) electrons. The lowest BCUT2D eigenvalue weighted by atomic mass is 10.0. The van der Waals surface area contributed by atoms with Crippen molar-refractivity contribution in [2.75, 3.05) is 5.32 Å². The molecular weight excluding hydrogens is 334 g/mol. The Hall–Kier alpha value is -3.29. The summed E-state index contributed by atoms with van der Waals surface area (Å²) in [6, 6.07) is 5.11. The summed E-state index contributed by atoms with van der Waals surface area (Å²) < 4.78 is 0. The van der Waals surface area contributed by atoms with Gasteiger partial charge in [-0.3, -0.25) is 24.7 Å². The average Bonchev–Trinajstić information content (AvgIpc) is 2.97. The lowest BCUT2D eigenvalue weighted by Gasteiger charge is -2.29. The van der Waals surface area contributed by atoms with Crippen LogP contribution in [0.25, 0.3) is 0 Å². The average molecular weight is 351 g/mol. The Labute approximate surface area is 149 Å². The minimum absolute atomic E-state index is 0.171. The van der Waals surface area contributed by atoms with E-state index in [9.17, 15) is 14.4 Å². The number of benzene rings is 1. The number of anilines is 1. The smallest absolute Gasteiger partial charge is 0.255 e. The van der Waals surface area contributed by atoms with Gasteiger partial charge in [-0.05, 0) is 23.6 Å². The van der Waals surface area contributed by atoms with Gasteiger partial charge in [0.05, 0.1) is 6.20 Å². The van der Waals surface area contributed by atoms with Crippen molar-refractivity contribution >= 4 is 23.5 Å². The van der Waals surface area contributed by atoms with Gasteiger partial charge < -0.3 is 10.2 Å². The summed E-state index contributed by atoms with van der Waals surface area (Å²) in [5.41, 5.74) is 2.43. The first-order valence-electron chi connectivity index (χ1n) is 8.38. The third kappa shape index (κ3) is 3.01. The summed E-state index contributed by atoms with van der Waals surface area (Å²) in [6.07, 6.45) is 5.45. The molecule has 1 fully saturated rings. The number of hydrogen-bond acceptors (Lipinski definition) is 6. The fourth-order valence-electron chi connectivity index (χ4n) is 3.29. The highest BCUT2D eigenvalue weighted by Gasteiger charge is 2.38. The van der Waals surface area contributed by atoms with E-state index in [4.69, 9.17) is 0 Å². The minimum Gasteiger partial charge on any atom is -0.365 e. The molecule has 3 amide bonds. The van der Waals surface area contributed by atoms with Crippen molar-refractivity contribution in [2.24, 2.45) is 0 Å². The van der Waals surface area contributed by atoms with Gasteiger partial charge >= 0.3 is 0 Å². The first-order valence-corrected chi connectivity index (χ1v) is 8.38. The molecule has 2 aliphatic rings. The van der Waals surface area contributed by atoms with E-state index < -0.39 is 11.9 Å². The molecule has 0 spiro atoms. The number of nitrogens with one attached hydrogen (secondary N) is 2. The summed E-state index contributed by atoms with van der Waals surface area (Å²) in [6.45, 7) is 0.899. The summed E-state index contributed by atoms with van der Waals surface area (Å²) in [4.78, 5) is 45.8. The van der Waals surface area contributed by atoms with E-state index in [1.807, 2.05) is 18.2 Å².